The van der Waals surface area contributed by atoms with Gasteiger partial charge in [-0.25, -0.2) is 4.98 Å². The van der Waals surface area contributed by atoms with Crippen molar-refractivity contribution in [2.45, 2.75) is 32.8 Å². The fraction of sp³-hybridized carbons (Fsp3) is 0.333. The maximum Gasteiger partial charge on any atom is 0.129 e. The quantitative estimate of drug-likeness (QED) is 0.544. The number of rotatable bonds is 5. The number of hydrogen-bond acceptors (Lipinski definition) is 5. The molecule has 110 valence electrons. The third-order valence-corrected chi connectivity index (χ3v) is 5.20. The molecule has 1 atom stereocenters. The van der Waals surface area contributed by atoms with Crippen LogP contribution in [-0.4, -0.2) is 16.9 Å². The highest BCUT2D eigenvalue weighted by Gasteiger charge is 2.16. The molecular formula is C15H17N3OS2. The summed E-state index contributed by atoms with van der Waals surface area (Å²) in [5.74, 6) is 1.04. The van der Waals surface area contributed by atoms with Gasteiger partial charge in [0.05, 0.1) is 25.8 Å². The highest BCUT2D eigenvalue weighted by Crippen LogP contribution is 2.39. The van der Waals surface area contributed by atoms with E-state index >= 15 is 0 Å². The summed E-state index contributed by atoms with van der Waals surface area (Å²) in [4.78, 5) is 4.62. The summed E-state index contributed by atoms with van der Waals surface area (Å²) in [5, 5.41) is 11.7. The fourth-order valence-corrected chi connectivity index (χ4v) is 4.21. The highest BCUT2D eigenvalue weighted by molar-refractivity contribution is 7.21. The van der Waals surface area contributed by atoms with Gasteiger partial charge in [-0.05, 0) is 24.8 Å². The topological polar surface area (TPSA) is 72.0 Å². The summed E-state index contributed by atoms with van der Waals surface area (Å²) in [7, 11) is 0. The second-order valence-corrected chi connectivity index (χ2v) is 7.15. The van der Waals surface area contributed by atoms with E-state index in [1.807, 2.05) is 13.8 Å². The fourth-order valence-electron chi connectivity index (χ4n) is 2.38. The summed E-state index contributed by atoms with van der Waals surface area (Å²) in [5.41, 5.74) is 6.57. The van der Waals surface area contributed by atoms with Crippen LogP contribution in [0.3, 0.4) is 0 Å². The van der Waals surface area contributed by atoms with E-state index in [1.54, 1.807) is 22.7 Å². The maximum atomic E-state index is 7.45. The number of nitrogens with zero attached hydrogens (tertiary/aromatic N) is 1. The molecule has 0 saturated carbocycles. The van der Waals surface area contributed by atoms with Crippen LogP contribution in [0.5, 0.6) is 5.75 Å². The monoisotopic (exact) mass is 319 g/mol. The Balaban J connectivity index is 2.07. The summed E-state index contributed by atoms with van der Waals surface area (Å²) < 4.78 is 8.45. The van der Waals surface area contributed by atoms with Crippen molar-refractivity contribution >= 4 is 48.8 Å². The zero-order chi connectivity index (χ0) is 15.0. The van der Waals surface area contributed by atoms with Gasteiger partial charge in [-0.1, -0.05) is 6.92 Å². The normalized spacial score (nSPS) is 12.9. The minimum Gasteiger partial charge on any atom is -0.489 e. The summed E-state index contributed by atoms with van der Waals surface area (Å²) in [6, 6.07) is 4.14. The number of aromatic nitrogens is 1. The molecule has 0 amide bonds. The molecule has 3 aromatic rings. The number of fused-ring (bicyclic) bond motifs is 3. The molecule has 21 heavy (non-hydrogen) atoms. The Kier molecular flexibility index (Phi) is 3.82. The van der Waals surface area contributed by atoms with Gasteiger partial charge >= 0.3 is 0 Å². The molecule has 2 heterocycles. The molecule has 0 aliphatic heterocycles. The summed E-state index contributed by atoms with van der Waals surface area (Å²) in [6.45, 7) is 4.07. The van der Waals surface area contributed by atoms with E-state index in [0.29, 0.717) is 6.42 Å². The molecule has 4 nitrogen and oxygen atoms in total. The first-order chi connectivity index (χ1) is 10.1. The van der Waals surface area contributed by atoms with Crippen LogP contribution >= 0.6 is 22.7 Å². The van der Waals surface area contributed by atoms with Crippen LogP contribution in [0.15, 0.2) is 17.5 Å². The molecular weight excluding hydrogens is 302 g/mol. The van der Waals surface area contributed by atoms with E-state index in [4.69, 9.17) is 15.9 Å². The standard InChI is InChI=1S/C15H17N3OS2/c1-3-9(6-13(16)17)19-11-7-12-14(18-8(2)21-12)15-10(11)4-5-20-15/h4-5,7,9H,3,6H2,1-2H3,(H3,16,17). The number of benzene rings is 1. The number of thiazole rings is 1. The molecule has 1 aromatic carbocycles. The molecule has 0 spiro atoms. The van der Waals surface area contributed by atoms with Gasteiger partial charge in [-0.3, -0.25) is 5.41 Å². The predicted octanol–water partition coefficient (Wildman–Crippen LogP) is 4.30. The smallest absolute Gasteiger partial charge is 0.129 e. The van der Waals surface area contributed by atoms with E-state index in [2.05, 4.69) is 22.5 Å². The van der Waals surface area contributed by atoms with Crippen molar-refractivity contribution < 1.29 is 4.74 Å². The van der Waals surface area contributed by atoms with Crippen LogP contribution in [-0.2, 0) is 0 Å². The lowest BCUT2D eigenvalue weighted by molar-refractivity contribution is 0.207. The molecule has 0 saturated heterocycles. The van der Waals surface area contributed by atoms with Gasteiger partial charge < -0.3 is 10.5 Å². The van der Waals surface area contributed by atoms with Gasteiger partial charge in [0, 0.05) is 17.9 Å². The van der Waals surface area contributed by atoms with Crippen molar-refractivity contribution in [3.63, 3.8) is 0 Å². The largest absolute Gasteiger partial charge is 0.489 e. The first-order valence-corrected chi connectivity index (χ1v) is 8.55. The van der Waals surface area contributed by atoms with Gasteiger partial charge in [-0.15, -0.1) is 22.7 Å². The number of thiophene rings is 1. The second kappa shape index (κ2) is 5.61. The van der Waals surface area contributed by atoms with Crippen LogP contribution in [0.1, 0.15) is 24.8 Å². The van der Waals surface area contributed by atoms with Crippen molar-refractivity contribution in [3.05, 3.63) is 22.5 Å². The Morgan fingerprint density at radius 1 is 1.52 bits per heavy atom. The lowest BCUT2D eigenvalue weighted by Gasteiger charge is -2.17. The number of nitrogens with one attached hydrogen (secondary N) is 1. The number of nitrogens with two attached hydrogens (primary N) is 1. The molecule has 3 N–H and O–H groups in total. The van der Waals surface area contributed by atoms with Crippen molar-refractivity contribution in [2.24, 2.45) is 5.73 Å². The average molecular weight is 319 g/mol. The number of amidine groups is 1. The minimum atomic E-state index is -0.0583. The third-order valence-electron chi connectivity index (χ3n) is 3.36. The van der Waals surface area contributed by atoms with Crippen LogP contribution in [0.25, 0.3) is 20.3 Å². The van der Waals surface area contributed by atoms with Crippen LogP contribution in [0, 0.1) is 12.3 Å². The van der Waals surface area contributed by atoms with E-state index in [-0.39, 0.29) is 11.9 Å². The lowest BCUT2D eigenvalue weighted by Crippen LogP contribution is -2.23. The van der Waals surface area contributed by atoms with E-state index in [0.717, 1.165) is 32.8 Å². The molecule has 0 aliphatic carbocycles. The third kappa shape index (κ3) is 2.73. The maximum absolute atomic E-state index is 7.45. The predicted molar refractivity (Wildman–Crippen MR) is 91.0 cm³/mol. The van der Waals surface area contributed by atoms with Crippen molar-refractivity contribution in [2.75, 3.05) is 0 Å². The Morgan fingerprint density at radius 3 is 3.05 bits per heavy atom. The van der Waals surface area contributed by atoms with Gasteiger partial charge in [0.2, 0.25) is 0 Å². The number of ether oxygens (including phenoxy) is 1. The summed E-state index contributed by atoms with van der Waals surface area (Å²) >= 11 is 3.37. The minimum absolute atomic E-state index is 0.0583. The van der Waals surface area contributed by atoms with Gasteiger partial charge in [0.1, 0.15) is 11.9 Å². The molecule has 0 aliphatic rings. The lowest BCUT2D eigenvalue weighted by atomic mass is 10.1. The van der Waals surface area contributed by atoms with Crippen LogP contribution in [0.2, 0.25) is 0 Å². The Bertz CT molecular complexity index is 806. The average Bonchev–Trinajstić information content (AvgIpc) is 3.02. The molecule has 0 radical (unpaired) electrons. The van der Waals surface area contributed by atoms with E-state index < -0.39 is 0 Å². The van der Waals surface area contributed by atoms with Crippen LogP contribution < -0.4 is 10.5 Å². The van der Waals surface area contributed by atoms with Gasteiger partial charge in [-0.2, -0.15) is 0 Å². The number of aryl methyl sites for hydroxylation is 1. The Morgan fingerprint density at radius 2 is 2.33 bits per heavy atom. The summed E-state index contributed by atoms with van der Waals surface area (Å²) in [6.07, 6.45) is 1.23. The van der Waals surface area contributed by atoms with E-state index in [1.165, 1.54) is 4.70 Å². The highest BCUT2D eigenvalue weighted by atomic mass is 32.1. The molecule has 3 rings (SSSR count). The molecule has 1 unspecified atom stereocenters. The van der Waals surface area contributed by atoms with Crippen molar-refractivity contribution in [1.29, 1.82) is 5.41 Å². The zero-order valence-electron chi connectivity index (χ0n) is 12.0. The number of hydrogen-bond donors (Lipinski definition) is 2. The van der Waals surface area contributed by atoms with Crippen molar-refractivity contribution in [3.8, 4) is 5.75 Å². The van der Waals surface area contributed by atoms with E-state index in [9.17, 15) is 0 Å². The molecule has 0 fully saturated rings. The molecule has 6 heteroatoms. The van der Waals surface area contributed by atoms with Gasteiger partial charge in [0.15, 0.2) is 0 Å². The van der Waals surface area contributed by atoms with Crippen LogP contribution in [0.4, 0.5) is 0 Å². The van der Waals surface area contributed by atoms with Crippen molar-refractivity contribution in [1.82, 2.24) is 4.98 Å². The SMILES string of the molecule is CCC(CC(=N)N)Oc1cc2sc(C)nc2c2sccc12. The first-order valence-electron chi connectivity index (χ1n) is 6.85. The molecule has 0 bridgehead atoms. The zero-order valence-corrected chi connectivity index (χ0v) is 13.6. The first kappa shape index (κ1) is 14.3. The molecule has 2 aromatic heterocycles. The Hall–Kier alpha value is -1.66. The second-order valence-electron chi connectivity index (χ2n) is 5.00. The van der Waals surface area contributed by atoms with Gasteiger partial charge in [0.25, 0.3) is 0 Å². The Labute approximate surface area is 131 Å².